The second-order valence-corrected chi connectivity index (χ2v) is 1.13. The minimum absolute atomic E-state index is 0.865. The van der Waals surface area contributed by atoms with Crippen LogP contribution < -0.4 is 0 Å². The summed E-state index contributed by atoms with van der Waals surface area (Å²) in [6.07, 6.45) is 2.20. The maximum atomic E-state index is 6.48. The summed E-state index contributed by atoms with van der Waals surface area (Å²) < 4.78 is 0. The summed E-state index contributed by atoms with van der Waals surface area (Å²) in [7, 11) is 1.81. The lowest BCUT2D eigenvalue weighted by Gasteiger charge is -2.02. The second-order valence-electron chi connectivity index (χ2n) is 1.13. The first-order chi connectivity index (χ1) is 2.81. The molecule has 1 N–H and O–H groups in total. The van der Waals surface area contributed by atoms with Crippen LogP contribution in [0, 0.1) is 5.41 Å². The van der Waals surface area contributed by atoms with Crippen LogP contribution >= 0.6 is 0 Å². The Bertz CT molecular complexity index is 42.8. The van der Waals surface area contributed by atoms with Crippen molar-refractivity contribution in [2.24, 2.45) is 0 Å². The van der Waals surface area contributed by atoms with E-state index in [1.807, 2.05) is 14.0 Å². The van der Waals surface area contributed by atoms with Crippen LogP contribution in [0.25, 0.3) is 0 Å². The molecule has 2 nitrogen and oxygen atoms in total. The Morgan fingerprint density at radius 1 is 1.83 bits per heavy atom. The van der Waals surface area contributed by atoms with Gasteiger partial charge in [-0.3, -0.25) is 5.41 Å². The lowest BCUT2D eigenvalue weighted by atomic mass is 10.7. The van der Waals surface area contributed by atoms with Crippen molar-refractivity contribution in [2.75, 3.05) is 13.6 Å². The van der Waals surface area contributed by atoms with Crippen molar-refractivity contribution in [3.05, 3.63) is 0 Å². The van der Waals surface area contributed by atoms with Crippen LogP contribution in [0.1, 0.15) is 6.92 Å². The topological polar surface area (TPSA) is 27.1 Å². The van der Waals surface area contributed by atoms with Crippen LogP contribution in [0.2, 0.25) is 0 Å². The van der Waals surface area contributed by atoms with Gasteiger partial charge in [0.2, 0.25) is 0 Å². The summed E-state index contributed by atoms with van der Waals surface area (Å²) in [5, 5.41) is 6.48. The molecule has 0 bridgehead atoms. The van der Waals surface area contributed by atoms with E-state index in [-0.39, 0.29) is 0 Å². The monoisotopic (exact) mass is 85.1 g/mol. The van der Waals surface area contributed by atoms with Gasteiger partial charge >= 0.3 is 0 Å². The molecular weight excluding hydrogens is 76.1 g/mol. The van der Waals surface area contributed by atoms with E-state index >= 15 is 0 Å². The SMILES string of the molecule is CCN(C)[C]=N. The molecule has 0 aromatic heterocycles. The highest BCUT2D eigenvalue weighted by Gasteiger charge is 1.77. The average molecular weight is 85.1 g/mol. The number of nitrogens with zero attached hydrogens (tertiary/aromatic N) is 1. The third-order valence-corrected chi connectivity index (χ3v) is 0.665. The van der Waals surface area contributed by atoms with Crippen molar-refractivity contribution >= 4 is 6.34 Å². The van der Waals surface area contributed by atoms with Crippen LogP contribution in [0.5, 0.6) is 0 Å². The Labute approximate surface area is 38.3 Å². The molecule has 0 heterocycles. The highest BCUT2D eigenvalue weighted by atomic mass is 15.1. The fourth-order valence-electron chi connectivity index (χ4n) is 0.0791. The Morgan fingerprint density at radius 3 is 2.33 bits per heavy atom. The molecule has 0 saturated heterocycles. The largest absolute Gasteiger partial charge is 0.357 e. The number of hydrogen-bond donors (Lipinski definition) is 1. The Morgan fingerprint density at radius 2 is 2.33 bits per heavy atom. The molecule has 0 saturated carbocycles. The maximum absolute atomic E-state index is 6.48. The van der Waals surface area contributed by atoms with Gasteiger partial charge in [-0.05, 0) is 6.92 Å². The Balaban J connectivity index is 2.96. The molecule has 6 heavy (non-hydrogen) atoms. The highest BCUT2D eigenvalue weighted by Crippen LogP contribution is 1.66. The van der Waals surface area contributed by atoms with E-state index in [0.717, 1.165) is 6.54 Å². The van der Waals surface area contributed by atoms with Crippen molar-refractivity contribution in [1.82, 2.24) is 4.90 Å². The molecule has 0 aliphatic heterocycles. The molecule has 2 heteroatoms. The van der Waals surface area contributed by atoms with Gasteiger partial charge in [-0.2, -0.15) is 0 Å². The first-order valence-electron chi connectivity index (χ1n) is 1.94. The van der Waals surface area contributed by atoms with Gasteiger partial charge in [0.25, 0.3) is 0 Å². The molecule has 0 fully saturated rings. The van der Waals surface area contributed by atoms with Gasteiger partial charge in [-0.1, -0.05) is 0 Å². The predicted molar refractivity (Wildman–Crippen MR) is 26.0 cm³/mol. The smallest absolute Gasteiger partial charge is 0.163 e. The molecule has 0 aliphatic carbocycles. The van der Waals surface area contributed by atoms with E-state index in [1.54, 1.807) is 4.90 Å². The van der Waals surface area contributed by atoms with Gasteiger partial charge in [0.1, 0.15) is 0 Å². The number of rotatable bonds is 2. The maximum Gasteiger partial charge on any atom is 0.163 e. The Hall–Kier alpha value is -0.530. The van der Waals surface area contributed by atoms with E-state index in [9.17, 15) is 0 Å². The van der Waals surface area contributed by atoms with Crippen molar-refractivity contribution < 1.29 is 0 Å². The van der Waals surface area contributed by atoms with Gasteiger partial charge in [-0.25, -0.2) is 0 Å². The third-order valence-electron chi connectivity index (χ3n) is 0.665. The van der Waals surface area contributed by atoms with Gasteiger partial charge in [0.15, 0.2) is 6.34 Å². The summed E-state index contributed by atoms with van der Waals surface area (Å²) in [6, 6.07) is 0. The van der Waals surface area contributed by atoms with Gasteiger partial charge in [-0.15, -0.1) is 0 Å². The predicted octanol–water partition coefficient (Wildman–Crippen LogP) is 0.422. The van der Waals surface area contributed by atoms with Crippen LogP contribution in [-0.2, 0) is 0 Å². The Kier molecular flexibility index (Phi) is 2.46. The lowest BCUT2D eigenvalue weighted by Crippen LogP contribution is -2.13. The molecule has 0 amide bonds. The molecule has 0 aliphatic rings. The second kappa shape index (κ2) is 2.69. The van der Waals surface area contributed by atoms with Crippen LogP contribution in [0.3, 0.4) is 0 Å². The van der Waals surface area contributed by atoms with E-state index in [4.69, 9.17) is 5.41 Å². The summed E-state index contributed by atoms with van der Waals surface area (Å²) in [6.45, 7) is 2.84. The molecule has 0 rings (SSSR count). The number of hydrogen-bond acceptors (Lipinski definition) is 1. The fourth-order valence-corrected chi connectivity index (χ4v) is 0.0791. The first kappa shape index (κ1) is 5.47. The summed E-state index contributed by atoms with van der Waals surface area (Å²) in [5.41, 5.74) is 0. The molecule has 0 aromatic rings. The molecule has 35 valence electrons. The van der Waals surface area contributed by atoms with Crippen molar-refractivity contribution in [1.29, 1.82) is 5.41 Å². The van der Waals surface area contributed by atoms with Crippen molar-refractivity contribution in [2.45, 2.75) is 6.92 Å². The zero-order valence-corrected chi connectivity index (χ0v) is 4.15. The minimum Gasteiger partial charge on any atom is -0.357 e. The summed E-state index contributed by atoms with van der Waals surface area (Å²) in [4.78, 5) is 1.67. The summed E-state index contributed by atoms with van der Waals surface area (Å²) in [5.74, 6) is 0. The third kappa shape index (κ3) is 1.76. The molecule has 0 atom stereocenters. The van der Waals surface area contributed by atoms with Crippen molar-refractivity contribution in [3.8, 4) is 0 Å². The molecule has 0 aromatic carbocycles. The van der Waals surface area contributed by atoms with E-state index in [1.165, 1.54) is 0 Å². The standard InChI is InChI=1S/C4H9N2/c1-3-6(2)4-5/h5H,3H2,1-2H3. The zero-order valence-electron chi connectivity index (χ0n) is 4.15. The van der Waals surface area contributed by atoms with E-state index in [0.29, 0.717) is 0 Å². The number of nitrogens with one attached hydrogen (secondary N) is 1. The molecule has 0 spiro atoms. The average Bonchev–Trinajstić information content (AvgIpc) is 1.65. The van der Waals surface area contributed by atoms with E-state index in [2.05, 4.69) is 6.34 Å². The molecular formula is C4H9N2. The fraction of sp³-hybridized carbons (Fsp3) is 0.750. The van der Waals surface area contributed by atoms with Crippen LogP contribution in [-0.4, -0.2) is 24.8 Å². The van der Waals surface area contributed by atoms with Gasteiger partial charge < -0.3 is 4.90 Å². The van der Waals surface area contributed by atoms with Crippen LogP contribution in [0.15, 0.2) is 0 Å². The lowest BCUT2D eigenvalue weighted by molar-refractivity contribution is 0.549. The minimum atomic E-state index is 0.865. The molecule has 0 unspecified atom stereocenters. The van der Waals surface area contributed by atoms with Gasteiger partial charge in [0, 0.05) is 13.6 Å². The zero-order chi connectivity index (χ0) is 4.99. The normalized spacial score (nSPS) is 7.67. The highest BCUT2D eigenvalue weighted by molar-refractivity contribution is 5.49. The van der Waals surface area contributed by atoms with Crippen molar-refractivity contribution in [3.63, 3.8) is 0 Å². The summed E-state index contributed by atoms with van der Waals surface area (Å²) >= 11 is 0. The first-order valence-corrected chi connectivity index (χ1v) is 1.94. The van der Waals surface area contributed by atoms with E-state index < -0.39 is 0 Å². The quantitative estimate of drug-likeness (QED) is 0.294. The van der Waals surface area contributed by atoms with Gasteiger partial charge in [0.05, 0.1) is 0 Å². The van der Waals surface area contributed by atoms with Crippen LogP contribution in [0.4, 0.5) is 0 Å². The molecule has 1 radical (unpaired) electrons.